The number of carbonyl (C=O) groups excluding carboxylic acids is 2. The Morgan fingerprint density at radius 3 is 2.30 bits per heavy atom. The van der Waals surface area contributed by atoms with Gasteiger partial charge >= 0.3 is 5.97 Å². The summed E-state index contributed by atoms with van der Waals surface area (Å²) in [6.07, 6.45) is 0. The molecule has 1 amide bonds. The van der Waals surface area contributed by atoms with E-state index in [0.29, 0.717) is 5.56 Å². The van der Waals surface area contributed by atoms with Crippen molar-refractivity contribution in [2.24, 2.45) is 0 Å². The lowest BCUT2D eigenvalue weighted by Crippen LogP contribution is -2.47. The topological polar surface area (TPSA) is 61.9 Å². The number of rotatable bonds is 6. The van der Waals surface area contributed by atoms with Crippen LogP contribution >= 0.6 is 11.3 Å². The molecule has 6 nitrogen and oxygen atoms in total. The zero-order valence-corrected chi connectivity index (χ0v) is 19.3. The SMILES string of the molecule is CCN1CCN(C(c2ccc(C(=O)OC)cc2)c2c(NC(C)=O)sc(C)c2C)CC1. The van der Waals surface area contributed by atoms with Crippen molar-refractivity contribution < 1.29 is 14.3 Å². The van der Waals surface area contributed by atoms with Gasteiger partial charge in [-0.15, -0.1) is 11.3 Å². The molecule has 1 aliphatic rings. The minimum atomic E-state index is -0.337. The Balaban J connectivity index is 2.05. The number of esters is 1. The van der Waals surface area contributed by atoms with Gasteiger partial charge in [0.1, 0.15) is 5.00 Å². The number of hydrogen-bond acceptors (Lipinski definition) is 6. The van der Waals surface area contributed by atoms with E-state index in [4.69, 9.17) is 4.74 Å². The minimum Gasteiger partial charge on any atom is -0.465 e. The van der Waals surface area contributed by atoms with Gasteiger partial charge in [0, 0.05) is 43.5 Å². The van der Waals surface area contributed by atoms with E-state index in [1.165, 1.54) is 17.6 Å². The number of anilines is 1. The van der Waals surface area contributed by atoms with Gasteiger partial charge in [-0.1, -0.05) is 19.1 Å². The van der Waals surface area contributed by atoms with Crippen LogP contribution in [0.3, 0.4) is 0 Å². The molecule has 1 aliphatic heterocycles. The molecule has 1 aromatic heterocycles. The third-order valence-electron chi connectivity index (χ3n) is 5.86. The van der Waals surface area contributed by atoms with Crippen molar-refractivity contribution in [3.63, 3.8) is 0 Å². The van der Waals surface area contributed by atoms with Gasteiger partial charge in [0.05, 0.1) is 18.7 Å². The van der Waals surface area contributed by atoms with Crippen molar-refractivity contribution in [2.75, 3.05) is 45.2 Å². The first-order valence-electron chi connectivity index (χ1n) is 10.4. The second kappa shape index (κ2) is 9.73. The Labute approximate surface area is 182 Å². The number of piperazine rings is 1. The van der Waals surface area contributed by atoms with Crippen LogP contribution in [0, 0.1) is 13.8 Å². The Hall–Kier alpha value is -2.22. The van der Waals surface area contributed by atoms with Gasteiger partial charge in [0.25, 0.3) is 0 Å². The molecule has 2 aromatic rings. The molecule has 0 aliphatic carbocycles. The first-order chi connectivity index (χ1) is 14.3. The van der Waals surface area contributed by atoms with E-state index in [-0.39, 0.29) is 17.9 Å². The van der Waals surface area contributed by atoms with E-state index in [9.17, 15) is 9.59 Å². The molecule has 1 fully saturated rings. The summed E-state index contributed by atoms with van der Waals surface area (Å²) < 4.78 is 4.85. The number of likely N-dealkylation sites (N-methyl/N-ethyl adjacent to an activating group) is 1. The molecule has 1 saturated heterocycles. The van der Waals surface area contributed by atoms with Gasteiger partial charge in [-0.3, -0.25) is 9.69 Å². The summed E-state index contributed by atoms with van der Waals surface area (Å²) in [6.45, 7) is 13.0. The molecule has 1 atom stereocenters. The maximum atomic E-state index is 11.9. The zero-order valence-electron chi connectivity index (χ0n) is 18.4. The maximum Gasteiger partial charge on any atom is 0.337 e. The largest absolute Gasteiger partial charge is 0.465 e. The number of hydrogen-bond donors (Lipinski definition) is 1. The van der Waals surface area contributed by atoms with Gasteiger partial charge in [-0.05, 0) is 43.7 Å². The summed E-state index contributed by atoms with van der Waals surface area (Å²) >= 11 is 1.63. The second-order valence-electron chi connectivity index (χ2n) is 7.69. The van der Waals surface area contributed by atoms with Gasteiger partial charge in [0.15, 0.2) is 0 Å². The smallest absolute Gasteiger partial charge is 0.337 e. The first kappa shape index (κ1) is 22.5. The molecule has 0 radical (unpaired) electrons. The number of carbonyl (C=O) groups is 2. The van der Waals surface area contributed by atoms with Crippen molar-refractivity contribution in [3.05, 3.63) is 51.4 Å². The summed E-state index contributed by atoms with van der Waals surface area (Å²) in [5.41, 5.74) is 4.02. The fraction of sp³-hybridized carbons (Fsp3) is 0.478. The van der Waals surface area contributed by atoms with Crippen molar-refractivity contribution in [1.29, 1.82) is 0 Å². The number of nitrogens with one attached hydrogen (secondary N) is 1. The van der Waals surface area contributed by atoms with Crippen molar-refractivity contribution in [3.8, 4) is 0 Å². The quantitative estimate of drug-likeness (QED) is 0.707. The summed E-state index contributed by atoms with van der Waals surface area (Å²) in [4.78, 5) is 29.9. The number of methoxy groups -OCH3 is 1. The Bertz CT molecular complexity index is 899. The fourth-order valence-electron chi connectivity index (χ4n) is 4.04. The van der Waals surface area contributed by atoms with Crippen molar-refractivity contribution in [1.82, 2.24) is 9.80 Å². The second-order valence-corrected chi connectivity index (χ2v) is 8.92. The number of benzene rings is 1. The fourth-order valence-corrected chi connectivity index (χ4v) is 5.18. The summed E-state index contributed by atoms with van der Waals surface area (Å²) in [5, 5.41) is 3.97. The third-order valence-corrected chi connectivity index (χ3v) is 7.00. The van der Waals surface area contributed by atoms with E-state index < -0.39 is 0 Å². The molecule has 7 heteroatoms. The Kier molecular flexibility index (Phi) is 7.28. The van der Waals surface area contributed by atoms with Gasteiger partial charge in [-0.25, -0.2) is 4.79 Å². The van der Waals surface area contributed by atoms with Crippen LogP contribution in [0.2, 0.25) is 0 Å². The highest BCUT2D eigenvalue weighted by Gasteiger charge is 2.31. The van der Waals surface area contributed by atoms with Crippen LogP contribution in [0.4, 0.5) is 5.00 Å². The number of ether oxygens (including phenoxy) is 1. The minimum absolute atomic E-state index is 0.0162. The Morgan fingerprint density at radius 1 is 1.13 bits per heavy atom. The Morgan fingerprint density at radius 2 is 1.77 bits per heavy atom. The summed E-state index contributed by atoms with van der Waals surface area (Å²) in [5.74, 6) is -0.399. The van der Waals surface area contributed by atoms with Gasteiger partial charge in [0.2, 0.25) is 5.91 Å². The summed E-state index contributed by atoms with van der Waals surface area (Å²) in [7, 11) is 1.39. The molecule has 0 bridgehead atoms. The lowest BCUT2D eigenvalue weighted by atomic mass is 9.93. The monoisotopic (exact) mass is 429 g/mol. The molecule has 1 aromatic carbocycles. The van der Waals surface area contributed by atoms with Gasteiger partial charge in [-0.2, -0.15) is 0 Å². The molecule has 1 N–H and O–H groups in total. The molecule has 1 unspecified atom stereocenters. The molecular formula is C23H31N3O3S. The summed E-state index contributed by atoms with van der Waals surface area (Å²) in [6, 6.07) is 7.68. The van der Waals surface area contributed by atoms with E-state index in [1.807, 2.05) is 24.3 Å². The first-order valence-corrected chi connectivity index (χ1v) is 11.2. The number of thiophene rings is 1. The highest BCUT2D eigenvalue weighted by molar-refractivity contribution is 7.16. The lowest BCUT2D eigenvalue weighted by molar-refractivity contribution is -0.114. The number of aryl methyl sites for hydroxylation is 1. The van der Waals surface area contributed by atoms with E-state index in [2.05, 4.69) is 35.9 Å². The highest BCUT2D eigenvalue weighted by Crippen LogP contribution is 2.42. The molecule has 162 valence electrons. The van der Waals surface area contributed by atoms with Crippen LogP contribution in [0.1, 0.15) is 51.8 Å². The van der Waals surface area contributed by atoms with E-state index >= 15 is 0 Å². The predicted molar refractivity (Wildman–Crippen MR) is 121 cm³/mol. The van der Waals surface area contributed by atoms with Crippen LogP contribution in [-0.4, -0.2) is 61.5 Å². The van der Waals surface area contributed by atoms with Crippen molar-refractivity contribution >= 4 is 28.2 Å². The lowest BCUT2D eigenvalue weighted by Gasteiger charge is -2.39. The van der Waals surface area contributed by atoms with Crippen molar-refractivity contribution in [2.45, 2.75) is 33.7 Å². The molecule has 3 rings (SSSR count). The maximum absolute atomic E-state index is 11.9. The normalized spacial score (nSPS) is 16.3. The molecule has 0 spiro atoms. The van der Waals surface area contributed by atoms with Crippen LogP contribution in [0.15, 0.2) is 24.3 Å². The molecule has 0 saturated carbocycles. The molecular weight excluding hydrogens is 398 g/mol. The highest BCUT2D eigenvalue weighted by atomic mass is 32.1. The number of nitrogens with zero attached hydrogens (tertiary/aromatic N) is 2. The average Bonchev–Trinajstić information content (AvgIpc) is 3.01. The van der Waals surface area contributed by atoms with Crippen LogP contribution in [0.5, 0.6) is 0 Å². The third kappa shape index (κ3) is 4.74. The zero-order chi connectivity index (χ0) is 21.8. The standard InChI is InChI=1S/C23H31N3O3S/c1-6-25-11-13-26(14-12-25)21(18-7-9-19(10-8-18)23(28)29-5)20-15(2)16(3)30-22(20)24-17(4)27/h7-10,21H,6,11-14H2,1-5H3,(H,24,27). The predicted octanol–water partition coefficient (Wildman–Crippen LogP) is 3.84. The van der Waals surface area contributed by atoms with Gasteiger partial charge < -0.3 is 15.0 Å². The number of amides is 1. The van der Waals surface area contributed by atoms with Crippen LogP contribution in [-0.2, 0) is 9.53 Å². The molecule has 30 heavy (non-hydrogen) atoms. The van der Waals surface area contributed by atoms with Crippen LogP contribution < -0.4 is 5.32 Å². The average molecular weight is 430 g/mol. The van der Waals surface area contributed by atoms with E-state index in [1.54, 1.807) is 18.3 Å². The van der Waals surface area contributed by atoms with Crippen LogP contribution in [0.25, 0.3) is 0 Å². The van der Waals surface area contributed by atoms with E-state index in [0.717, 1.165) is 48.9 Å². The molecule has 2 heterocycles.